The van der Waals surface area contributed by atoms with Gasteiger partial charge in [0.2, 0.25) is 0 Å². The number of thiol groups is 1. The molecule has 0 spiro atoms. The molecule has 0 atom stereocenters. The third-order valence-corrected chi connectivity index (χ3v) is 12.3. The summed E-state index contributed by atoms with van der Waals surface area (Å²) >= 11 is 8.48. The number of aryl methyl sites for hydroxylation is 1. The number of aliphatic hydroxyl groups is 1. The second-order valence-corrected chi connectivity index (χ2v) is 16.6. The summed E-state index contributed by atoms with van der Waals surface area (Å²) in [7, 11) is 0. The number of thiophene rings is 2. The fraction of sp³-hybridized carbons (Fsp3) is 0.425. The van der Waals surface area contributed by atoms with Crippen LogP contribution in [-0.4, -0.2) is 20.9 Å². The van der Waals surface area contributed by atoms with Crippen LogP contribution in [0.1, 0.15) is 98.4 Å². The molecular formula is C40H49IrN2O2S3-. The van der Waals surface area contributed by atoms with Gasteiger partial charge >= 0.3 is 0 Å². The summed E-state index contributed by atoms with van der Waals surface area (Å²) in [5.41, 5.74) is 4.50. The van der Waals surface area contributed by atoms with Gasteiger partial charge in [0.05, 0.1) is 5.69 Å². The number of ketones is 1. The van der Waals surface area contributed by atoms with Crippen LogP contribution in [-0.2, 0) is 30.3 Å². The molecule has 0 saturated carbocycles. The number of fused-ring (bicyclic) bond motifs is 2. The molecule has 0 aliphatic rings. The maximum Gasteiger partial charge on any atom is 0.164 e. The van der Waals surface area contributed by atoms with E-state index in [-0.39, 0.29) is 47.9 Å². The quantitative estimate of drug-likeness (QED) is 0.0670. The molecule has 5 aromatic rings. The van der Waals surface area contributed by atoms with Crippen molar-refractivity contribution in [2.75, 3.05) is 0 Å². The molecule has 0 aliphatic heterocycles. The molecule has 2 aromatic carbocycles. The molecule has 0 fully saturated rings. The van der Waals surface area contributed by atoms with Crippen LogP contribution in [0.5, 0.6) is 0 Å². The standard InChI is InChI=1S/C25H21N2S3.C15H28O2.Ir/c1-14-10-15-6-5-7-18(23(15)30-14)21-22(28)20(26-13-27-21)17-11-16-8-9-29-24(16)19(12-17)25(2,3)4;1-7-14(5,8-2)12(16)11-13(17)15(6,9-3)10-4;/h5-10,12-13,28H,1-4H3;11,16H,7-10H2,1-6H3;/q-1;;/b;12-11-;. The van der Waals surface area contributed by atoms with Crippen LogP contribution in [0.15, 0.2) is 64.8 Å². The van der Waals surface area contributed by atoms with Crippen molar-refractivity contribution in [1.29, 1.82) is 0 Å². The molecule has 48 heavy (non-hydrogen) atoms. The molecule has 0 saturated heterocycles. The Morgan fingerprint density at radius 2 is 1.54 bits per heavy atom. The van der Waals surface area contributed by atoms with Gasteiger partial charge in [0.15, 0.2) is 5.78 Å². The van der Waals surface area contributed by atoms with Gasteiger partial charge in [0, 0.05) is 62.7 Å². The number of rotatable bonds is 9. The minimum absolute atomic E-state index is 0. The molecule has 3 aromatic heterocycles. The van der Waals surface area contributed by atoms with Gasteiger partial charge in [-0.15, -0.1) is 47.6 Å². The minimum Gasteiger partial charge on any atom is -0.512 e. The Balaban J connectivity index is 0.000000301. The Hall–Kier alpha value is -2.35. The number of allylic oxidation sites excluding steroid dienone is 2. The van der Waals surface area contributed by atoms with Crippen molar-refractivity contribution in [3.63, 3.8) is 0 Å². The summed E-state index contributed by atoms with van der Waals surface area (Å²) < 4.78 is 2.53. The number of nitrogens with zero attached hydrogens (tertiary/aromatic N) is 2. The molecule has 0 aliphatic carbocycles. The van der Waals surface area contributed by atoms with Gasteiger partial charge in [-0.1, -0.05) is 91.6 Å². The van der Waals surface area contributed by atoms with E-state index < -0.39 is 0 Å². The Kier molecular flexibility index (Phi) is 13.5. The Morgan fingerprint density at radius 1 is 0.917 bits per heavy atom. The number of hydrogen-bond donors (Lipinski definition) is 2. The molecule has 3 heterocycles. The molecule has 8 heteroatoms. The second kappa shape index (κ2) is 16.1. The zero-order chi connectivity index (χ0) is 34.7. The second-order valence-electron chi connectivity index (χ2n) is 13.9. The number of aliphatic hydroxyl groups excluding tert-OH is 1. The number of carbonyl (C=O) groups is 1. The van der Waals surface area contributed by atoms with Gasteiger partial charge in [0.1, 0.15) is 12.1 Å². The minimum atomic E-state index is -0.337. The molecule has 0 bridgehead atoms. The first-order valence-electron chi connectivity index (χ1n) is 16.6. The smallest absolute Gasteiger partial charge is 0.164 e. The van der Waals surface area contributed by atoms with Crippen molar-refractivity contribution >= 4 is 61.3 Å². The van der Waals surface area contributed by atoms with Gasteiger partial charge in [-0.3, -0.25) is 9.78 Å². The molecule has 1 N–H and O–H groups in total. The van der Waals surface area contributed by atoms with Crippen LogP contribution < -0.4 is 0 Å². The SMILES string of the molecule is CCC(C)(CC)C(=O)/C=C(\O)C(C)(CC)CC.Cc1cc2cccc(-c3ncnc(-c4[c-]c5ccsc5c(C(C)(C)C)c4)c3S)c2s1.[Ir]. The molecule has 0 amide bonds. The van der Waals surface area contributed by atoms with Crippen molar-refractivity contribution < 1.29 is 30.0 Å². The monoisotopic (exact) mass is 878 g/mol. The molecule has 5 rings (SSSR count). The van der Waals surface area contributed by atoms with Crippen LogP contribution in [0.2, 0.25) is 0 Å². The fourth-order valence-electron chi connectivity index (χ4n) is 5.53. The van der Waals surface area contributed by atoms with E-state index in [0.29, 0.717) is 0 Å². The van der Waals surface area contributed by atoms with Crippen LogP contribution in [0, 0.1) is 23.8 Å². The van der Waals surface area contributed by atoms with E-state index in [1.807, 2.05) is 41.5 Å². The van der Waals surface area contributed by atoms with E-state index >= 15 is 0 Å². The first kappa shape index (κ1) is 40.1. The van der Waals surface area contributed by atoms with Gasteiger partial charge in [0.25, 0.3) is 0 Å². The summed E-state index contributed by atoms with van der Waals surface area (Å²) in [6.45, 7) is 21.0. The largest absolute Gasteiger partial charge is 0.512 e. The van der Waals surface area contributed by atoms with E-state index in [2.05, 4.69) is 85.5 Å². The first-order chi connectivity index (χ1) is 22.1. The van der Waals surface area contributed by atoms with Crippen LogP contribution >= 0.6 is 35.3 Å². The average molecular weight is 878 g/mol. The zero-order valence-corrected chi connectivity index (χ0v) is 34.8. The summed E-state index contributed by atoms with van der Waals surface area (Å²) in [4.78, 5) is 23.5. The van der Waals surface area contributed by atoms with E-state index in [1.165, 1.54) is 31.3 Å². The van der Waals surface area contributed by atoms with Crippen LogP contribution in [0.4, 0.5) is 0 Å². The van der Waals surface area contributed by atoms with Crippen molar-refractivity contribution in [1.82, 2.24) is 9.97 Å². The van der Waals surface area contributed by atoms with E-state index in [0.717, 1.165) is 58.5 Å². The molecule has 1 radical (unpaired) electrons. The van der Waals surface area contributed by atoms with Gasteiger partial charge in [-0.25, -0.2) is 4.98 Å². The number of hydrogen-bond acceptors (Lipinski definition) is 7. The summed E-state index contributed by atoms with van der Waals surface area (Å²) in [5, 5.41) is 14.6. The molecular weight excluding hydrogens is 829 g/mol. The maximum atomic E-state index is 12.2. The third-order valence-electron chi connectivity index (χ3n) is 9.88. The fourth-order valence-corrected chi connectivity index (χ4v) is 7.99. The zero-order valence-electron chi connectivity index (χ0n) is 29.9. The Bertz CT molecular complexity index is 1910. The van der Waals surface area contributed by atoms with Gasteiger partial charge in [-0.2, -0.15) is 11.3 Å². The maximum absolute atomic E-state index is 12.2. The normalized spacial score (nSPS) is 12.5. The Labute approximate surface area is 314 Å². The first-order valence-corrected chi connectivity index (χ1v) is 18.7. The van der Waals surface area contributed by atoms with Crippen molar-refractivity contribution in [3.05, 3.63) is 76.4 Å². The van der Waals surface area contributed by atoms with E-state index in [4.69, 9.17) is 12.6 Å². The molecule has 4 nitrogen and oxygen atoms in total. The third kappa shape index (κ3) is 8.33. The predicted molar refractivity (Wildman–Crippen MR) is 206 cm³/mol. The topological polar surface area (TPSA) is 63.1 Å². The summed E-state index contributed by atoms with van der Waals surface area (Å²) in [6.07, 6.45) is 6.40. The summed E-state index contributed by atoms with van der Waals surface area (Å²) in [6, 6.07) is 16.5. The van der Waals surface area contributed by atoms with Crippen molar-refractivity contribution in [3.8, 4) is 22.5 Å². The average Bonchev–Trinajstić information content (AvgIpc) is 3.69. The van der Waals surface area contributed by atoms with Crippen molar-refractivity contribution in [2.45, 2.75) is 105 Å². The number of carbonyl (C=O) groups excluding carboxylic acids is 1. The van der Waals surface area contributed by atoms with E-state index in [9.17, 15) is 9.90 Å². The summed E-state index contributed by atoms with van der Waals surface area (Å²) in [5.74, 6) is 0.286. The van der Waals surface area contributed by atoms with Crippen LogP contribution in [0.3, 0.4) is 0 Å². The van der Waals surface area contributed by atoms with Crippen molar-refractivity contribution in [2.24, 2.45) is 10.8 Å². The number of aromatic nitrogens is 2. The van der Waals surface area contributed by atoms with Gasteiger partial charge < -0.3 is 5.11 Å². The number of benzene rings is 2. The van der Waals surface area contributed by atoms with Gasteiger partial charge in [-0.05, 0) is 59.6 Å². The molecule has 0 unspecified atom stereocenters. The van der Waals surface area contributed by atoms with Crippen LogP contribution in [0.25, 0.3) is 42.7 Å². The molecule has 259 valence electrons. The predicted octanol–water partition coefficient (Wildman–Crippen LogP) is 12.6. The van der Waals surface area contributed by atoms with E-state index in [1.54, 1.807) is 29.0 Å². The Morgan fingerprint density at radius 3 is 2.15 bits per heavy atom.